The minimum Gasteiger partial charge on any atom is -0.495 e. The molecule has 19 heavy (non-hydrogen) atoms. The molecule has 4 heteroatoms. The molecule has 0 amide bonds. The Hall–Kier alpha value is -1.55. The zero-order valence-electron chi connectivity index (χ0n) is 11.3. The van der Waals surface area contributed by atoms with E-state index in [2.05, 4.69) is 45.3 Å². The summed E-state index contributed by atoms with van der Waals surface area (Å²) in [5.41, 5.74) is 3.16. The van der Waals surface area contributed by atoms with Crippen molar-refractivity contribution < 1.29 is 4.74 Å². The first kappa shape index (κ1) is 13.9. The normalized spacial score (nSPS) is 10.3. The molecule has 100 valence electrons. The maximum atomic E-state index is 5.37. The lowest BCUT2D eigenvalue weighted by Crippen LogP contribution is -1.98. The molecular weight excluding hydrogens is 304 g/mol. The number of pyridine rings is 1. The monoisotopic (exact) mass is 320 g/mol. The van der Waals surface area contributed by atoms with E-state index in [0.717, 1.165) is 33.8 Å². The number of hydrogen-bond acceptors (Lipinski definition) is 3. The largest absolute Gasteiger partial charge is 0.495 e. The van der Waals surface area contributed by atoms with Gasteiger partial charge in [0.25, 0.3) is 0 Å². The van der Waals surface area contributed by atoms with Gasteiger partial charge in [-0.15, -0.1) is 0 Å². The SMILES string of the molecule is CCc1ccc(OC)c(Nc2ccc(Br)c(C)n2)c1. The maximum absolute atomic E-state index is 5.37. The Morgan fingerprint density at radius 2 is 2.05 bits per heavy atom. The zero-order chi connectivity index (χ0) is 13.8. The number of aromatic nitrogens is 1. The first-order chi connectivity index (χ1) is 9.13. The molecule has 2 rings (SSSR count). The molecule has 1 N–H and O–H groups in total. The number of nitrogens with one attached hydrogen (secondary N) is 1. The zero-order valence-corrected chi connectivity index (χ0v) is 12.9. The van der Waals surface area contributed by atoms with Gasteiger partial charge in [-0.25, -0.2) is 4.98 Å². The molecule has 0 radical (unpaired) electrons. The van der Waals surface area contributed by atoms with Crippen molar-refractivity contribution in [2.24, 2.45) is 0 Å². The lowest BCUT2D eigenvalue weighted by Gasteiger charge is -2.12. The van der Waals surface area contributed by atoms with Gasteiger partial charge in [-0.05, 0) is 59.1 Å². The molecule has 1 aromatic carbocycles. The van der Waals surface area contributed by atoms with Crippen LogP contribution in [0.3, 0.4) is 0 Å². The Kier molecular flexibility index (Phi) is 4.43. The van der Waals surface area contributed by atoms with Crippen LogP contribution >= 0.6 is 15.9 Å². The second-order valence-corrected chi connectivity index (χ2v) is 5.13. The van der Waals surface area contributed by atoms with Gasteiger partial charge in [-0.1, -0.05) is 13.0 Å². The highest BCUT2D eigenvalue weighted by Gasteiger charge is 2.06. The summed E-state index contributed by atoms with van der Waals surface area (Å²) in [5, 5.41) is 3.31. The topological polar surface area (TPSA) is 34.1 Å². The van der Waals surface area contributed by atoms with Gasteiger partial charge < -0.3 is 10.1 Å². The second kappa shape index (κ2) is 6.06. The number of halogens is 1. The predicted octanol–water partition coefficient (Wildman–Crippen LogP) is 4.47. The van der Waals surface area contributed by atoms with Crippen molar-refractivity contribution in [1.82, 2.24) is 4.98 Å². The molecule has 1 heterocycles. The minimum absolute atomic E-state index is 0.812. The second-order valence-electron chi connectivity index (χ2n) is 4.28. The number of methoxy groups -OCH3 is 1. The van der Waals surface area contributed by atoms with E-state index in [-0.39, 0.29) is 0 Å². The van der Waals surface area contributed by atoms with Crippen molar-refractivity contribution in [3.8, 4) is 5.75 Å². The van der Waals surface area contributed by atoms with E-state index < -0.39 is 0 Å². The summed E-state index contributed by atoms with van der Waals surface area (Å²) in [6.07, 6.45) is 0.992. The van der Waals surface area contributed by atoms with Crippen molar-refractivity contribution >= 4 is 27.4 Å². The molecule has 0 atom stereocenters. The van der Waals surface area contributed by atoms with Gasteiger partial charge in [-0.3, -0.25) is 0 Å². The Labute approximate surface area is 122 Å². The smallest absolute Gasteiger partial charge is 0.142 e. The van der Waals surface area contributed by atoms with E-state index in [1.165, 1.54) is 5.56 Å². The van der Waals surface area contributed by atoms with Crippen LogP contribution in [0, 0.1) is 6.92 Å². The molecule has 0 unspecified atom stereocenters. The van der Waals surface area contributed by atoms with Gasteiger partial charge in [0, 0.05) is 4.47 Å². The van der Waals surface area contributed by atoms with Gasteiger partial charge in [-0.2, -0.15) is 0 Å². The van der Waals surface area contributed by atoms with Gasteiger partial charge in [0.15, 0.2) is 0 Å². The summed E-state index contributed by atoms with van der Waals surface area (Å²) in [7, 11) is 1.67. The molecule has 0 aliphatic carbocycles. The Morgan fingerprint density at radius 1 is 1.26 bits per heavy atom. The third-order valence-corrected chi connectivity index (χ3v) is 3.79. The van der Waals surface area contributed by atoms with Crippen molar-refractivity contribution in [3.05, 3.63) is 46.1 Å². The summed E-state index contributed by atoms with van der Waals surface area (Å²) < 4.78 is 6.38. The van der Waals surface area contributed by atoms with Crippen LogP contribution in [0.5, 0.6) is 5.75 Å². The van der Waals surface area contributed by atoms with Crippen molar-refractivity contribution in [2.45, 2.75) is 20.3 Å². The lowest BCUT2D eigenvalue weighted by atomic mass is 10.1. The summed E-state index contributed by atoms with van der Waals surface area (Å²) in [6, 6.07) is 10.1. The molecule has 0 aliphatic rings. The highest BCUT2D eigenvalue weighted by Crippen LogP contribution is 2.29. The minimum atomic E-state index is 0.812. The maximum Gasteiger partial charge on any atom is 0.142 e. The number of nitrogens with zero attached hydrogens (tertiary/aromatic N) is 1. The number of benzene rings is 1. The number of rotatable bonds is 4. The van der Waals surface area contributed by atoms with Crippen LogP contribution < -0.4 is 10.1 Å². The average molecular weight is 321 g/mol. The van der Waals surface area contributed by atoms with Crippen LogP contribution in [0.4, 0.5) is 11.5 Å². The molecule has 0 spiro atoms. The van der Waals surface area contributed by atoms with Gasteiger partial charge in [0.1, 0.15) is 11.6 Å². The summed E-state index contributed by atoms with van der Waals surface area (Å²) >= 11 is 3.45. The van der Waals surface area contributed by atoms with Crippen LogP contribution in [0.15, 0.2) is 34.8 Å². The van der Waals surface area contributed by atoms with Crippen molar-refractivity contribution in [3.63, 3.8) is 0 Å². The standard InChI is InChI=1S/C15H17BrN2O/c1-4-11-5-7-14(19-3)13(9-11)18-15-8-6-12(16)10(2)17-15/h5-9H,4H2,1-3H3,(H,17,18). The van der Waals surface area contributed by atoms with Crippen molar-refractivity contribution in [1.29, 1.82) is 0 Å². The van der Waals surface area contributed by atoms with E-state index in [9.17, 15) is 0 Å². The predicted molar refractivity (Wildman–Crippen MR) is 82.3 cm³/mol. The molecular formula is C15H17BrN2O. The van der Waals surface area contributed by atoms with E-state index >= 15 is 0 Å². The third-order valence-electron chi connectivity index (χ3n) is 2.96. The fourth-order valence-electron chi connectivity index (χ4n) is 1.82. The first-order valence-corrected chi connectivity index (χ1v) is 7.00. The fraction of sp³-hybridized carbons (Fsp3) is 0.267. The number of aryl methyl sites for hydroxylation is 2. The Balaban J connectivity index is 2.33. The summed E-state index contributed by atoms with van der Waals surface area (Å²) in [6.45, 7) is 4.10. The van der Waals surface area contributed by atoms with E-state index in [0.29, 0.717) is 0 Å². The number of ether oxygens (including phenoxy) is 1. The van der Waals surface area contributed by atoms with Crippen molar-refractivity contribution in [2.75, 3.05) is 12.4 Å². The molecule has 0 saturated carbocycles. The summed E-state index contributed by atoms with van der Waals surface area (Å²) in [4.78, 5) is 4.49. The van der Waals surface area contributed by atoms with E-state index in [1.807, 2.05) is 25.1 Å². The molecule has 3 nitrogen and oxygen atoms in total. The summed E-state index contributed by atoms with van der Waals surface area (Å²) in [5.74, 6) is 1.63. The highest BCUT2D eigenvalue weighted by molar-refractivity contribution is 9.10. The van der Waals surface area contributed by atoms with Crippen LogP contribution in [0.2, 0.25) is 0 Å². The molecule has 0 fully saturated rings. The van der Waals surface area contributed by atoms with Crippen LogP contribution in [0.25, 0.3) is 0 Å². The quantitative estimate of drug-likeness (QED) is 0.902. The van der Waals surface area contributed by atoms with Gasteiger partial charge in [0.2, 0.25) is 0 Å². The number of anilines is 2. The molecule has 0 aliphatic heterocycles. The average Bonchev–Trinajstić information content (AvgIpc) is 2.43. The van der Waals surface area contributed by atoms with E-state index in [4.69, 9.17) is 4.74 Å². The molecule has 0 bridgehead atoms. The third kappa shape index (κ3) is 3.26. The fourth-order valence-corrected chi connectivity index (χ4v) is 2.05. The molecule has 0 saturated heterocycles. The lowest BCUT2D eigenvalue weighted by molar-refractivity contribution is 0.416. The highest BCUT2D eigenvalue weighted by atomic mass is 79.9. The van der Waals surface area contributed by atoms with Crippen LogP contribution in [-0.2, 0) is 6.42 Å². The van der Waals surface area contributed by atoms with Gasteiger partial charge >= 0.3 is 0 Å². The first-order valence-electron chi connectivity index (χ1n) is 6.21. The van der Waals surface area contributed by atoms with Gasteiger partial charge in [0.05, 0.1) is 18.5 Å². The Morgan fingerprint density at radius 3 is 2.68 bits per heavy atom. The van der Waals surface area contributed by atoms with Crippen LogP contribution in [-0.4, -0.2) is 12.1 Å². The Bertz CT molecular complexity index is 584. The van der Waals surface area contributed by atoms with E-state index in [1.54, 1.807) is 7.11 Å². The number of hydrogen-bond donors (Lipinski definition) is 1. The van der Waals surface area contributed by atoms with Crippen LogP contribution in [0.1, 0.15) is 18.2 Å². The molecule has 1 aromatic heterocycles. The molecule has 2 aromatic rings.